The molecule has 1 aliphatic heterocycles. The SMILES string of the molecule is Cc1nnc(-c2cc(F)c3cnc(NC(=O)C4CCC(N5CCOCC5)CC4)cc3c2)s1. The first-order valence-corrected chi connectivity index (χ1v) is 11.9. The lowest BCUT2D eigenvalue weighted by Gasteiger charge is -2.38. The molecule has 7 nitrogen and oxygen atoms in total. The minimum Gasteiger partial charge on any atom is -0.379 e. The van der Waals surface area contributed by atoms with Crippen LogP contribution in [0.4, 0.5) is 10.2 Å². The van der Waals surface area contributed by atoms with E-state index in [2.05, 4.69) is 25.4 Å². The molecule has 5 rings (SSSR count). The first-order valence-electron chi connectivity index (χ1n) is 11.1. The molecule has 0 radical (unpaired) electrons. The highest BCUT2D eigenvalue weighted by Crippen LogP contribution is 2.31. The number of nitrogens with one attached hydrogen (secondary N) is 1. The van der Waals surface area contributed by atoms with E-state index in [1.807, 2.05) is 13.0 Å². The fourth-order valence-corrected chi connectivity index (χ4v) is 5.37. The summed E-state index contributed by atoms with van der Waals surface area (Å²) in [5, 5.41) is 13.7. The van der Waals surface area contributed by atoms with Crippen molar-refractivity contribution in [3.8, 4) is 10.6 Å². The highest BCUT2D eigenvalue weighted by atomic mass is 32.1. The number of hydrogen-bond acceptors (Lipinski definition) is 7. The first kappa shape index (κ1) is 21.4. The lowest BCUT2D eigenvalue weighted by Crippen LogP contribution is -2.45. The van der Waals surface area contributed by atoms with E-state index >= 15 is 0 Å². The molecule has 1 aliphatic carbocycles. The average molecular weight is 456 g/mol. The second-order valence-corrected chi connectivity index (χ2v) is 9.70. The number of nitrogens with zero attached hydrogens (tertiary/aromatic N) is 4. The van der Waals surface area contributed by atoms with Crippen LogP contribution in [-0.2, 0) is 9.53 Å². The smallest absolute Gasteiger partial charge is 0.228 e. The average Bonchev–Trinajstić information content (AvgIpc) is 3.26. The minimum absolute atomic E-state index is 0.00588. The van der Waals surface area contributed by atoms with Crippen molar-refractivity contribution in [1.29, 1.82) is 0 Å². The van der Waals surface area contributed by atoms with Crippen molar-refractivity contribution in [1.82, 2.24) is 20.1 Å². The summed E-state index contributed by atoms with van der Waals surface area (Å²) in [5.74, 6) is 0.0610. The normalized spacial score (nSPS) is 22.2. The molecule has 1 amide bonds. The Bertz CT molecular complexity index is 1120. The van der Waals surface area contributed by atoms with Gasteiger partial charge in [-0.2, -0.15) is 0 Å². The molecule has 1 saturated carbocycles. The second-order valence-electron chi connectivity index (χ2n) is 8.52. The number of halogens is 1. The number of morpholine rings is 1. The molecule has 168 valence electrons. The molecule has 1 N–H and O–H groups in total. The summed E-state index contributed by atoms with van der Waals surface area (Å²) in [6.45, 7) is 5.43. The van der Waals surface area contributed by atoms with E-state index in [4.69, 9.17) is 4.74 Å². The summed E-state index contributed by atoms with van der Waals surface area (Å²) in [6, 6.07) is 5.60. The molecule has 0 bridgehead atoms. The van der Waals surface area contributed by atoms with Crippen LogP contribution in [0.1, 0.15) is 30.7 Å². The number of anilines is 1. The minimum atomic E-state index is -0.364. The summed E-state index contributed by atoms with van der Waals surface area (Å²) in [5.41, 5.74) is 0.672. The molecule has 0 unspecified atom stereocenters. The summed E-state index contributed by atoms with van der Waals surface area (Å²) in [4.78, 5) is 19.6. The van der Waals surface area contributed by atoms with Gasteiger partial charge in [0.15, 0.2) is 0 Å². The number of aromatic nitrogens is 3. The largest absolute Gasteiger partial charge is 0.379 e. The fourth-order valence-electron chi connectivity index (χ4n) is 4.69. The number of benzene rings is 1. The van der Waals surface area contributed by atoms with E-state index < -0.39 is 0 Å². The van der Waals surface area contributed by atoms with Crippen molar-refractivity contribution < 1.29 is 13.9 Å². The van der Waals surface area contributed by atoms with Crippen LogP contribution in [-0.4, -0.2) is 58.3 Å². The molecular weight excluding hydrogens is 429 g/mol. The van der Waals surface area contributed by atoms with Crippen molar-refractivity contribution in [3.05, 3.63) is 35.2 Å². The van der Waals surface area contributed by atoms with Gasteiger partial charge in [-0.25, -0.2) is 9.37 Å². The molecule has 1 saturated heterocycles. The number of amides is 1. The number of ether oxygens (including phenoxy) is 1. The number of pyridine rings is 1. The van der Waals surface area contributed by atoms with Crippen LogP contribution >= 0.6 is 11.3 Å². The standard InChI is InChI=1S/C23H26FN5O2S/c1-14-27-28-23(32-14)17-10-16-12-21(25-13-19(16)20(24)11-17)26-22(30)15-2-4-18(5-3-15)29-6-8-31-9-7-29/h10-13,15,18H,2-9H2,1H3,(H,25,26,30). The van der Waals surface area contributed by atoms with E-state index in [-0.39, 0.29) is 17.6 Å². The number of carbonyl (C=O) groups is 1. The van der Waals surface area contributed by atoms with Gasteiger partial charge in [0.2, 0.25) is 5.91 Å². The molecule has 1 aromatic carbocycles. The second kappa shape index (κ2) is 9.17. The Morgan fingerprint density at radius 2 is 1.94 bits per heavy atom. The number of carbonyl (C=O) groups excluding carboxylic acids is 1. The quantitative estimate of drug-likeness (QED) is 0.640. The Balaban J connectivity index is 1.27. The lowest BCUT2D eigenvalue weighted by atomic mass is 9.84. The third kappa shape index (κ3) is 4.51. The van der Waals surface area contributed by atoms with Gasteiger partial charge < -0.3 is 10.1 Å². The maximum absolute atomic E-state index is 14.6. The molecule has 2 aliphatic rings. The van der Waals surface area contributed by atoms with Gasteiger partial charge in [-0.05, 0) is 56.2 Å². The fraction of sp³-hybridized carbons (Fsp3) is 0.478. The van der Waals surface area contributed by atoms with Gasteiger partial charge in [0.05, 0.1) is 13.2 Å². The van der Waals surface area contributed by atoms with Gasteiger partial charge in [0, 0.05) is 42.2 Å². The summed E-state index contributed by atoms with van der Waals surface area (Å²) < 4.78 is 20.1. The van der Waals surface area contributed by atoms with Gasteiger partial charge in [-0.3, -0.25) is 9.69 Å². The number of hydrogen-bond donors (Lipinski definition) is 1. The van der Waals surface area contributed by atoms with Crippen LogP contribution in [0.2, 0.25) is 0 Å². The van der Waals surface area contributed by atoms with Crippen LogP contribution in [0, 0.1) is 18.7 Å². The first-order chi connectivity index (χ1) is 15.6. The molecule has 3 heterocycles. The van der Waals surface area contributed by atoms with Crippen LogP contribution in [0.25, 0.3) is 21.3 Å². The lowest BCUT2D eigenvalue weighted by molar-refractivity contribution is -0.121. The van der Waals surface area contributed by atoms with Crippen molar-refractivity contribution in [2.75, 3.05) is 31.6 Å². The van der Waals surface area contributed by atoms with Crippen LogP contribution < -0.4 is 5.32 Å². The highest BCUT2D eigenvalue weighted by molar-refractivity contribution is 7.14. The van der Waals surface area contributed by atoms with E-state index in [0.29, 0.717) is 33.2 Å². The van der Waals surface area contributed by atoms with Gasteiger partial charge in [0.1, 0.15) is 21.7 Å². The molecule has 0 spiro atoms. The highest BCUT2D eigenvalue weighted by Gasteiger charge is 2.30. The maximum Gasteiger partial charge on any atom is 0.228 e. The molecule has 9 heteroatoms. The Hall–Kier alpha value is -2.49. The van der Waals surface area contributed by atoms with Gasteiger partial charge in [0.25, 0.3) is 0 Å². The van der Waals surface area contributed by atoms with E-state index in [1.165, 1.54) is 23.6 Å². The topological polar surface area (TPSA) is 80.2 Å². The summed E-state index contributed by atoms with van der Waals surface area (Å²) in [6.07, 6.45) is 5.27. The zero-order valence-electron chi connectivity index (χ0n) is 18.0. The van der Waals surface area contributed by atoms with Crippen molar-refractivity contribution in [2.45, 2.75) is 38.6 Å². The van der Waals surface area contributed by atoms with Crippen molar-refractivity contribution in [2.24, 2.45) is 5.92 Å². The van der Waals surface area contributed by atoms with Crippen molar-refractivity contribution >= 4 is 33.8 Å². The molecule has 32 heavy (non-hydrogen) atoms. The van der Waals surface area contributed by atoms with Crippen LogP contribution in [0.3, 0.4) is 0 Å². The van der Waals surface area contributed by atoms with Crippen LogP contribution in [0.5, 0.6) is 0 Å². The molecule has 3 aromatic rings. The van der Waals surface area contributed by atoms with E-state index in [9.17, 15) is 9.18 Å². The van der Waals surface area contributed by atoms with E-state index in [0.717, 1.165) is 57.0 Å². The number of fused-ring (bicyclic) bond motifs is 1. The Labute approximate surface area is 190 Å². The van der Waals surface area contributed by atoms with Crippen molar-refractivity contribution in [3.63, 3.8) is 0 Å². The Kier molecular flexibility index (Phi) is 6.12. The molecular formula is C23H26FN5O2S. The predicted molar refractivity (Wildman–Crippen MR) is 122 cm³/mol. The van der Waals surface area contributed by atoms with Gasteiger partial charge in [-0.15, -0.1) is 10.2 Å². The zero-order valence-corrected chi connectivity index (χ0v) is 18.8. The van der Waals surface area contributed by atoms with Gasteiger partial charge >= 0.3 is 0 Å². The monoisotopic (exact) mass is 455 g/mol. The molecule has 2 aromatic heterocycles. The molecule has 0 atom stereocenters. The summed E-state index contributed by atoms with van der Waals surface area (Å²) in [7, 11) is 0. The third-order valence-electron chi connectivity index (χ3n) is 6.44. The maximum atomic E-state index is 14.6. The van der Waals surface area contributed by atoms with Gasteiger partial charge in [-0.1, -0.05) is 11.3 Å². The zero-order chi connectivity index (χ0) is 22.1. The number of rotatable bonds is 4. The van der Waals surface area contributed by atoms with E-state index in [1.54, 1.807) is 6.07 Å². The predicted octanol–water partition coefficient (Wildman–Crippen LogP) is 4.03. The summed E-state index contributed by atoms with van der Waals surface area (Å²) >= 11 is 1.42. The third-order valence-corrected chi connectivity index (χ3v) is 7.33. The Morgan fingerprint density at radius 1 is 1.16 bits per heavy atom. The Morgan fingerprint density at radius 3 is 2.66 bits per heavy atom. The van der Waals surface area contributed by atoms with Crippen LogP contribution in [0.15, 0.2) is 24.4 Å². The number of aryl methyl sites for hydroxylation is 1. The molecule has 2 fully saturated rings.